The van der Waals surface area contributed by atoms with Gasteiger partial charge < -0.3 is 29.9 Å². The number of alkyl halides is 3. The zero-order valence-electron chi connectivity index (χ0n) is 8.54. The molecule has 6 nitrogen and oxygen atoms in total. The molecule has 1 rings (SSSR count). The highest BCUT2D eigenvalue weighted by molar-refractivity contribution is 4.88. The summed E-state index contributed by atoms with van der Waals surface area (Å²) < 4.78 is 44.5. The number of halogens is 3. The van der Waals surface area contributed by atoms with Crippen LogP contribution < -0.4 is 0 Å². The van der Waals surface area contributed by atoms with E-state index >= 15 is 0 Å². The number of ether oxygens (including phenoxy) is 2. The molecule has 0 amide bonds. The topological polar surface area (TPSA) is 99.4 Å². The zero-order chi connectivity index (χ0) is 13.2. The molecule has 1 aliphatic rings. The third-order valence-electron chi connectivity index (χ3n) is 2.26. The molecule has 0 aromatic rings. The first-order chi connectivity index (χ1) is 7.76. The molecule has 0 aromatic heterocycles. The van der Waals surface area contributed by atoms with Gasteiger partial charge >= 0.3 is 6.18 Å². The maximum Gasteiger partial charge on any atom is 0.411 e. The maximum absolute atomic E-state index is 11.9. The molecule has 0 radical (unpaired) electrons. The van der Waals surface area contributed by atoms with Crippen molar-refractivity contribution < 1.29 is 43.1 Å². The molecule has 0 aromatic carbocycles. The maximum atomic E-state index is 11.9. The third kappa shape index (κ3) is 3.76. The van der Waals surface area contributed by atoms with E-state index in [1.807, 2.05) is 0 Å². The summed E-state index contributed by atoms with van der Waals surface area (Å²) in [5, 5.41) is 36.6. The smallest absolute Gasteiger partial charge is 0.394 e. The Hall–Kier alpha value is -0.450. The Morgan fingerprint density at radius 2 is 1.65 bits per heavy atom. The molecule has 9 heteroatoms. The minimum atomic E-state index is -4.61. The van der Waals surface area contributed by atoms with Crippen molar-refractivity contribution in [2.24, 2.45) is 0 Å². The number of aliphatic hydroxyl groups excluding tert-OH is 4. The van der Waals surface area contributed by atoms with Crippen LogP contribution in [-0.2, 0) is 9.47 Å². The highest BCUT2D eigenvalue weighted by Gasteiger charge is 2.45. The van der Waals surface area contributed by atoms with E-state index in [1.54, 1.807) is 0 Å². The molecule has 5 atom stereocenters. The van der Waals surface area contributed by atoms with Crippen LogP contribution in [-0.4, -0.2) is 70.5 Å². The predicted molar refractivity (Wildman–Crippen MR) is 45.8 cm³/mol. The van der Waals surface area contributed by atoms with Crippen molar-refractivity contribution in [3.05, 3.63) is 0 Å². The molecular weight excluding hydrogens is 249 g/mol. The van der Waals surface area contributed by atoms with E-state index in [9.17, 15) is 28.5 Å². The predicted octanol–water partition coefficient (Wildman–Crippen LogP) is -1.63. The summed E-state index contributed by atoms with van der Waals surface area (Å²) in [7, 11) is 0. The standard InChI is InChI=1S/C8H13F3O6/c9-8(10,11)2-16-7-6(15)5(14)4(13)3(1-12)17-7/h3-7,12-15H,1-2H2/t3-,4-,5+,6-,7+/m1/s1. The van der Waals surface area contributed by atoms with Crippen LogP contribution in [0.3, 0.4) is 0 Å². The first kappa shape index (κ1) is 14.6. The van der Waals surface area contributed by atoms with Crippen LogP contribution in [0.4, 0.5) is 13.2 Å². The molecule has 0 saturated carbocycles. The van der Waals surface area contributed by atoms with Crippen molar-refractivity contribution in [3.8, 4) is 0 Å². The van der Waals surface area contributed by atoms with Crippen LogP contribution in [0.5, 0.6) is 0 Å². The number of hydrogen-bond acceptors (Lipinski definition) is 6. The summed E-state index contributed by atoms with van der Waals surface area (Å²) in [5.41, 5.74) is 0. The number of rotatable bonds is 3. The van der Waals surface area contributed by atoms with Crippen molar-refractivity contribution in [2.75, 3.05) is 13.2 Å². The molecule has 1 fully saturated rings. The van der Waals surface area contributed by atoms with E-state index in [0.717, 1.165) is 0 Å². The Morgan fingerprint density at radius 1 is 1.06 bits per heavy atom. The van der Waals surface area contributed by atoms with Gasteiger partial charge in [0.25, 0.3) is 0 Å². The molecular formula is C8H13F3O6. The Kier molecular flexibility index (Phi) is 4.69. The van der Waals surface area contributed by atoms with Crippen molar-refractivity contribution in [1.29, 1.82) is 0 Å². The third-order valence-corrected chi connectivity index (χ3v) is 2.26. The molecule has 0 aliphatic carbocycles. The summed E-state index contributed by atoms with van der Waals surface area (Å²) in [6, 6.07) is 0. The van der Waals surface area contributed by atoms with Crippen LogP contribution in [0.25, 0.3) is 0 Å². The lowest BCUT2D eigenvalue weighted by Crippen LogP contribution is -2.59. The van der Waals surface area contributed by atoms with Crippen LogP contribution in [0, 0.1) is 0 Å². The van der Waals surface area contributed by atoms with Crippen molar-refractivity contribution in [3.63, 3.8) is 0 Å². The molecule has 1 aliphatic heterocycles. The molecule has 0 bridgehead atoms. The molecule has 0 unspecified atom stereocenters. The monoisotopic (exact) mass is 262 g/mol. The fraction of sp³-hybridized carbons (Fsp3) is 1.00. The second-order valence-electron chi connectivity index (χ2n) is 3.62. The normalized spacial score (nSPS) is 39.4. The summed E-state index contributed by atoms with van der Waals surface area (Å²) in [4.78, 5) is 0. The molecule has 1 saturated heterocycles. The fourth-order valence-electron chi connectivity index (χ4n) is 1.38. The second kappa shape index (κ2) is 5.46. The quantitative estimate of drug-likeness (QED) is 0.487. The first-order valence-corrected chi connectivity index (χ1v) is 4.75. The molecule has 0 spiro atoms. The minimum Gasteiger partial charge on any atom is -0.394 e. The van der Waals surface area contributed by atoms with Gasteiger partial charge in [0.15, 0.2) is 6.29 Å². The van der Waals surface area contributed by atoms with E-state index in [1.165, 1.54) is 0 Å². The van der Waals surface area contributed by atoms with Gasteiger partial charge in [-0.25, -0.2) is 0 Å². The highest BCUT2D eigenvalue weighted by Crippen LogP contribution is 2.24. The van der Waals surface area contributed by atoms with Gasteiger partial charge in [-0.15, -0.1) is 0 Å². The Labute approximate surface area is 94.2 Å². The first-order valence-electron chi connectivity index (χ1n) is 4.75. The van der Waals surface area contributed by atoms with Gasteiger partial charge in [-0.05, 0) is 0 Å². The van der Waals surface area contributed by atoms with Crippen molar-refractivity contribution in [1.82, 2.24) is 0 Å². The molecule has 102 valence electrons. The Balaban J connectivity index is 2.59. The molecule has 4 N–H and O–H groups in total. The van der Waals surface area contributed by atoms with Crippen molar-refractivity contribution >= 4 is 0 Å². The van der Waals surface area contributed by atoms with Gasteiger partial charge in [0, 0.05) is 0 Å². The second-order valence-corrected chi connectivity index (χ2v) is 3.62. The minimum absolute atomic E-state index is 0.725. The summed E-state index contributed by atoms with van der Waals surface area (Å²) >= 11 is 0. The fourth-order valence-corrected chi connectivity index (χ4v) is 1.38. The summed E-state index contributed by atoms with van der Waals surface area (Å²) in [6.07, 6.45) is -12.9. The average Bonchev–Trinajstić information content (AvgIpc) is 2.24. The van der Waals surface area contributed by atoms with E-state index in [0.29, 0.717) is 0 Å². The number of hydrogen-bond donors (Lipinski definition) is 4. The van der Waals surface area contributed by atoms with Crippen molar-refractivity contribution in [2.45, 2.75) is 36.9 Å². The lowest BCUT2D eigenvalue weighted by molar-refractivity contribution is -0.319. The van der Waals surface area contributed by atoms with Gasteiger partial charge in [-0.3, -0.25) is 0 Å². The summed E-state index contributed by atoms with van der Waals surface area (Å²) in [5.74, 6) is 0. The highest BCUT2D eigenvalue weighted by atomic mass is 19.4. The Bertz CT molecular complexity index is 246. The van der Waals surface area contributed by atoms with Crippen LogP contribution in [0.1, 0.15) is 0 Å². The van der Waals surface area contributed by atoms with Gasteiger partial charge in [0.1, 0.15) is 31.0 Å². The van der Waals surface area contributed by atoms with Gasteiger partial charge in [0.05, 0.1) is 6.61 Å². The van der Waals surface area contributed by atoms with E-state index in [4.69, 9.17) is 9.84 Å². The van der Waals surface area contributed by atoms with Crippen LogP contribution in [0.2, 0.25) is 0 Å². The largest absolute Gasteiger partial charge is 0.411 e. The zero-order valence-corrected chi connectivity index (χ0v) is 8.54. The number of aliphatic hydroxyl groups is 4. The summed E-state index contributed by atoms with van der Waals surface area (Å²) in [6.45, 7) is -2.40. The van der Waals surface area contributed by atoms with Gasteiger partial charge in [-0.2, -0.15) is 13.2 Å². The van der Waals surface area contributed by atoms with Crippen LogP contribution in [0.15, 0.2) is 0 Å². The van der Waals surface area contributed by atoms with Crippen LogP contribution >= 0.6 is 0 Å². The average molecular weight is 262 g/mol. The van der Waals surface area contributed by atoms with Gasteiger partial charge in [-0.1, -0.05) is 0 Å². The van der Waals surface area contributed by atoms with Gasteiger partial charge in [0.2, 0.25) is 0 Å². The van der Waals surface area contributed by atoms with E-state index in [2.05, 4.69) is 4.74 Å². The molecule has 1 heterocycles. The lowest BCUT2D eigenvalue weighted by Gasteiger charge is -2.39. The van der Waals surface area contributed by atoms with E-state index in [-0.39, 0.29) is 0 Å². The Morgan fingerprint density at radius 3 is 2.12 bits per heavy atom. The molecule has 17 heavy (non-hydrogen) atoms. The SMILES string of the molecule is OC[C@H]1O[C@H](OCC(F)(F)F)[C@H](O)[C@@H](O)[C@@H]1O. The van der Waals surface area contributed by atoms with E-state index < -0.39 is 50.1 Å². The lowest BCUT2D eigenvalue weighted by atomic mass is 9.99.